The first-order valence-electron chi connectivity index (χ1n) is 6.67. The van der Waals surface area contributed by atoms with Gasteiger partial charge in [0.05, 0.1) is 27.5 Å². The van der Waals surface area contributed by atoms with Crippen molar-refractivity contribution in [2.75, 3.05) is 18.0 Å². The summed E-state index contributed by atoms with van der Waals surface area (Å²) in [6.07, 6.45) is 1.11. The molecule has 1 aromatic carbocycles. The number of fused-ring (bicyclic) bond motifs is 1. The summed E-state index contributed by atoms with van der Waals surface area (Å²) in [4.78, 5) is 2.28. The second kappa shape index (κ2) is 5.64. The Morgan fingerprint density at radius 2 is 2.05 bits per heavy atom. The van der Waals surface area contributed by atoms with Gasteiger partial charge in [-0.3, -0.25) is 0 Å². The van der Waals surface area contributed by atoms with E-state index in [2.05, 4.69) is 32.8 Å². The van der Waals surface area contributed by atoms with E-state index in [1.165, 1.54) is 11.7 Å². The number of nitrogens with one attached hydrogen (secondary N) is 1. The number of nitrogens with zero attached hydrogens (tertiary/aromatic N) is 3. The SMILES string of the molecule is CC(C)NC1CCN(c2c(Cl)cc(Cl)c3nsnc23)C1. The predicted molar refractivity (Wildman–Crippen MR) is 86.3 cm³/mol. The van der Waals surface area contributed by atoms with Crippen LogP contribution in [-0.4, -0.2) is 33.9 Å². The molecule has 1 aliphatic heterocycles. The van der Waals surface area contributed by atoms with E-state index in [9.17, 15) is 0 Å². The summed E-state index contributed by atoms with van der Waals surface area (Å²) in [5.74, 6) is 0. The van der Waals surface area contributed by atoms with E-state index >= 15 is 0 Å². The lowest BCUT2D eigenvalue weighted by Crippen LogP contribution is -2.37. The fourth-order valence-electron chi connectivity index (χ4n) is 2.73. The third-order valence-electron chi connectivity index (χ3n) is 3.49. The van der Waals surface area contributed by atoms with Crippen molar-refractivity contribution in [1.82, 2.24) is 14.1 Å². The molecule has 0 saturated carbocycles. The van der Waals surface area contributed by atoms with Crippen LogP contribution < -0.4 is 10.2 Å². The van der Waals surface area contributed by atoms with Crippen LogP contribution in [-0.2, 0) is 0 Å². The Hall–Kier alpha value is -0.620. The van der Waals surface area contributed by atoms with Gasteiger partial charge in [0.1, 0.15) is 11.0 Å². The predicted octanol–water partition coefficient (Wildman–Crippen LogP) is 3.57. The van der Waals surface area contributed by atoms with Crippen molar-refractivity contribution in [3.8, 4) is 0 Å². The minimum atomic E-state index is 0.488. The van der Waals surface area contributed by atoms with Gasteiger partial charge in [-0.25, -0.2) is 0 Å². The highest BCUT2D eigenvalue weighted by molar-refractivity contribution is 7.00. The Morgan fingerprint density at radius 3 is 2.80 bits per heavy atom. The van der Waals surface area contributed by atoms with Crippen molar-refractivity contribution in [3.63, 3.8) is 0 Å². The summed E-state index contributed by atoms with van der Waals surface area (Å²) in [7, 11) is 0. The first-order chi connectivity index (χ1) is 9.56. The highest BCUT2D eigenvalue weighted by Crippen LogP contribution is 2.38. The van der Waals surface area contributed by atoms with Gasteiger partial charge in [-0.1, -0.05) is 37.0 Å². The molecule has 0 radical (unpaired) electrons. The molecule has 0 spiro atoms. The number of rotatable bonds is 3. The zero-order valence-electron chi connectivity index (χ0n) is 11.4. The molecule has 2 heterocycles. The fourth-order valence-corrected chi connectivity index (χ4v) is 3.96. The van der Waals surface area contributed by atoms with Crippen LogP contribution in [0.4, 0.5) is 5.69 Å². The second-order valence-corrected chi connectivity index (χ2v) is 6.75. The molecular weight excluding hydrogens is 315 g/mol. The minimum absolute atomic E-state index is 0.488. The Labute approximate surface area is 132 Å². The summed E-state index contributed by atoms with van der Waals surface area (Å²) >= 11 is 13.7. The van der Waals surface area contributed by atoms with Gasteiger partial charge in [0.25, 0.3) is 0 Å². The molecular formula is C13H16Cl2N4S. The molecule has 1 aromatic heterocycles. The molecule has 108 valence electrons. The Bertz CT molecular complexity index is 628. The molecule has 20 heavy (non-hydrogen) atoms. The van der Waals surface area contributed by atoms with Crippen LogP contribution in [0.25, 0.3) is 11.0 Å². The first-order valence-corrected chi connectivity index (χ1v) is 8.16. The number of benzene rings is 1. The molecule has 1 atom stereocenters. The van der Waals surface area contributed by atoms with E-state index in [-0.39, 0.29) is 0 Å². The molecule has 2 aromatic rings. The average Bonchev–Trinajstić information content (AvgIpc) is 2.98. The van der Waals surface area contributed by atoms with Gasteiger partial charge in [-0.15, -0.1) is 0 Å². The van der Waals surface area contributed by atoms with E-state index < -0.39 is 0 Å². The Kier molecular flexibility index (Phi) is 4.04. The van der Waals surface area contributed by atoms with E-state index in [1.54, 1.807) is 6.07 Å². The minimum Gasteiger partial charge on any atom is -0.367 e. The lowest BCUT2D eigenvalue weighted by molar-refractivity contribution is 0.492. The van der Waals surface area contributed by atoms with Gasteiger partial charge in [0, 0.05) is 25.2 Å². The largest absolute Gasteiger partial charge is 0.367 e. The third-order valence-corrected chi connectivity index (χ3v) is 4.60. The smallest absolute Gasteiger partial charge is 0.131 e. The molecule has 7 heteroatoms. The van der Waals surface area contributed by atoms with Crippen LogP contribution in [0.15, 0.2) is 6.07 Å². The van der Waals surface area contributed by atoms with E-state index in [4.69, 9.17) is 23.2 Å². The third kappa shape index (κ3) is 2.60. The van der Waals surface area contributed by atoms with Gasteiger partial charge in [-0.05, 0) is 12.5 Å². The van der Waals surface area contributed by atoms with Crippen molar-refractivity contribution >= 4 is 51.7 Å². The summed E-state index contributed by atoms with van der Waals surface area (Å²) < 4.78 is 8.63. The van der Waals surface area contributed by atoms with Crippen LogP contribution in [0.5, 0.6) is 0 Å². The van der Waals surface area contributed by atoms with Crippen molar-refractivity contribution in [2.24, 2.45) is 0 Å². The van der Waals surface area contributed by atoms with E-state index in [1.807, 2.05) is 0 Å². The number of halogens is 2. The normalized spacial score (nSPS) is 19.4. The molecule has 1 unspecified atom stereocenters. The molecule has 4 nitrogen and oxygen atoms in total. The Balaban J connectivity index is 1.93. The number of aromatic nitrogens is 2. The van der Waals surface area contributed by atoms with Gasteiger partial charge in [0.15, 0.2) is 0 Å². The zero-order valence-corrected chi connectivity index (χ0v) is 13.7. The number of hydrogen-bond acceptors (Lipinski definition) is 5. The van der Waals surface area contributed by atoms with Crippen molar-refractivity contribution < 1.29 is 0 Å². The van der Waals surface area contributed by atoms with E-state index in [0.717, 1.165) is 36.2 Å². The van der Waals surface area contributed by atoms with Crippen LogP contribution in [0.3, 0.4) is 0 Å². The topological polar surface area (TPSA) is 41.0 Å². The highest BCUT2D eigenvalue weighted by atomic mass is 35.5. The molecule has 0 bridgehead atoms. The van der Waals surface area contributed by atoms with Crippen LogP contribution in [0, 0.1) is 0 Å². The first kappa shape index (κ1) is 14.3. The molecule has 0 amide bonds. The molecule has 0 aliphatic carbocycles. The maximum Gasteiger partial charge on any atom is 0.131 e. The fraction of sp³-hybridized carbons (Fsp3) is 0.538. The maximum absolute atomic E-state index is 6.39. The number of anilines is 1. The summed E-state index contributed by atoms with van der Waals surface area (Å²) in [5.41, 5.74) is 2.53. The lowest BCUT2D eigenvalue weighted by Gasteiger charge is -2.21. The van der Waals surface area contributed by atoms with Crippen molar-refractivity contribution in [1.29, 1.82) is 0 Å². The quantitative estimate of drug-likeness (QED) is 0.933. The van der Waals surface area contributed by atoms with Crippen LogP contribution in [0.1, 0.15) is 20.3 Å². The molecule has 1 aliphatic rings. The van der Waals surface area contributed by atoms with Crippen molar-refractivity contribution in [3.05, 3.63) is 16.1 Å². The summed E-state index contributed by atoms with van der Waals surface area (Å²) in [6, 6.07) is 2.75. The number of hydrogen-bond donors (Lipinski definition) is 1. The van der Waals surface area contributed by atoms with Crippen LogP contribution in [0.2, 0.25) is 10.0 Å². The van der Waals surface area contributed by atoms with Crippen molar-refractivity contribution in [2.45, 2.75) is 32.4 Å². The van der Waals surface area contributed by atoms with E-state index in [0.29, 0.717) is 22.1 Å². The monoisotopic (exact) mass is 330 g/mol. The Morgan fingerprint density at radius 1 is 1.30 bits per heavy atom. The molecule has 1 saturated heterocycles. The average molecular weight is 331 g/mol. The van der Waals surface area contributed by atoms with Gasteiger partial charge in [-0.2, -0.15) is 8.75 Å². The van der Waals surface area contributed by atoms with Gasteiger partial charge >= 0.3 is 0 Å². The molecule has 1 fully saturated rings. The summed E-state index contributed by atoms with van der Waals surface area (Å²) in [6.45, 7) is 6.24. The lowest BCUT2D eigenvalue weighted by atomic mass is 10.2. The highest BCUT2D eigenvalue weighted by Gasteiger charge is 2.27. The van der Waals surface area contributed by atoms with Crippen LogP contribution >= 0.6 is 34.9 Å². The molecule has 3 rings (SSSR count). The van der Waals surface area contributed by atoms with Gasteiger partial charge < -0.3 is 10.2 Å². The standard InChI is InChI=1S/C13H16Cl2N4S/c1-7(2)16-8-3-4-19(6-8)13-10(15)5-9(14)11-12(13)18-20-17-11/h5,7-8,16H,3-4,6H2,1-2H3. The summed E-state index contributed by atoms with van der Waals surface area (Å²) in [5, 5.41) is 4.79. The molecule has 1 N–H and O–H groups in total. The second-order valence-electron chi connectivity index (χ2n) is 5.40. The van der Waals surface area contributed by atoms with Gasteiger partial charge in [0.2, 0.25) is 0 Å². The zero-order chi connectivity index (χ0) is 14.3. The maximum atomic E-state index is 6.39.